The number of nitro benzene ring substituents is 1. The van der Waals surface area contributed by atoms with E-state index >= 15 is 0 Å². The lowest BCUT2D eigenvalue weighted by Crippen LogP contribution is -2.29. The molecule has 7 nitrogen and oxygen atoms in total. The van der Waals surface area contributed by atoms with Crippen LogP contribution in [0.2, 0.25) is 0 Å². The monoisotopic (exact) mass is 605 g/mol. The Bertz CT molecular complexity index is 1800. The van der Waals surface area contributed by atoms with Crippen molar-refractivity contribution >= 4 is 40.5 Å². The van der Waals surface area contributed by atoms with E-state index in [1.807, 2.05) is 24.4 Å². The number of hydrogen-bond acceptors (Lipinski definition) is 5. The molecule has 6 rings (SSSR count). The van der Waals surface area contributed by atoms with Crippen LogP contribution in [0.1, 0.15) is 45.9 Å². The van der Waals surface area contributed by atoms with E-state index in [1.165, 1.54) is 28.8 Å². The Balaban J connectivity index is 1.38. The van der Waals surface area contributed by atoms with Gasteiger partial charge in [0.25, 0.3) is 5.69 Å². The van der Waals surface area contributed by atoms with Crippen molar-refractivity contribution in [2.75, 3.05) is 4.90 Å². The molecule has 1 N–H and O–H groups in total. The molecule has 0 amide bonds. The van der Waals surface area contributed by atoms with Crippen LogP contribution in [0.4, 0.5) is 11.4 Å². The largest absolute Gasteiger partial charge is 0.351 e. The minimum atomic E-state index is -0.385. The lowest BCUT2D eigenvalue weighted by molar-refractivity contribution is -0.384. The smallest absolute Gasteiger partial charge is 0.269 e. The number of aryl methyl sites for hydroxylation is 3. The maximum absolute atomic E-state index is 11.0. The zero-order chi connectivity index (χ0) is 30.2. The average Bonchev–Trinajstić information content (AvgIpc) is 3.48. The molecule has 3 heterocycles. The van der Waals surface area contributed by atoms with E-state index in [-0.39, 0.29) is 22.7 Å². The molecule has 2 atom stereocenters. The maximum Gasteiger partial charge on any atom is 0.269 e. The Morgan fingerprint density at radius 2 is 1.51 bits per heavy atom. The molecule has 0 saturated carbocycles. The first-order valence-electron chi connectivity index (χ1n) is 14.0. The van der Waals surface area contributed by atoms with Gasteiger partial charge in [-0.3, -0.25) is 15.1 Å². The van der Waals surface area contributed by atoms with Gasteiger partial charge in [0.1, 0.15) is 0 Å². The van der Waals surface area contributed by atoms with Crippen LogP contribution in [0.25, 0.3) is 5.69 Å². The fourth-order valence-corrected chi connectivity index (χ4v) is 7.12. The second-order valence-electron chi connectivity index (χ2n) is 10.9. The van der Waals surface area contributed by atoms with E-state index in [1.54, 1.807) is 23.9 Å². The molecule has 1 aliphatic heterocycles. The summed E-state index contributed by atoms with van der Waals surface area (Å²) in [4.78, 5) is 19.5. The van der Waals surface area contributed by atoms with Gasteiger partial charge < -0.3 is 14.8 Å². The van der Waals surface area contributed by atoms with Crippen LogP contribution in [0.5, 0.6) is 0 Å². The normalized spacial score (nSPS) is 16.4. The number of nitro groups is 1. The van der Waals surface area contributed by atoms with Gasteiger partial charge in [-0.1, -0.05) is 23.9 Å². The van der Waals surface area contributed by atoms with Gasteiger partial charge in [-0.05, 0) is 123 Å². The molecule has 3 aromatic carbocycles. The number of rotatable bonds is 7. The molecule has 2 aromatic heterocycles. The minimum absolute atomic E-state index is 0.0835. The van der Waals surface area contributed by atoms with E-state index < -0.39 is 0 Å². The molecule has 0 radical (unpaired) electrons. The summed E-state index contributed by atoms with van der Waals surface area (Å²) in [5.74, 6) is 0. The number of aromatic nitrogens is 2. The van der Waals surface area contributed by atoms with Gasteiger partial charge in [0.15, 0.2) is 5.11 Å². The highest BCUT2D eigenvalue weighted by molar-refractivity contribution is 7.99. The van der Waals surface area contributed by atoms with E-state index in [4.69, 9.17) is 17.2 Å². The number of anilines is 1. The summed E-state index contributed by atoms with van der Waals surface area (Å²) in [5, 5.41) is 15.2. The summed E-state index contributed by atoms with van der Waals surface area (Å²) in [6.07, 6.45) is 1.82. The van der Waals surface area contributed by atoms with Crippen LogP contribution in [-0.2, 0) is 0 Å². The molecule has 1 fully saturated rings. The van der Waals surface area contributed by atoms with Gasteiger partial charge in [-0.15, -0.1) is 0 Å². The van der Waals surface area contributed by atoms with E-state index in [0.29, 0.717) is 5.11 Å². The highest BCUT2D eigenvalue weighted by atomic mass is 32.2. The number of non-ortho nitro benzene ring substituents is 1. The lowest BCUT2D eigenvalue weighted by atomic mass is 9.96. The summed E-state index contributed by atoms with van der Waals surface area (Å²) in [7, 11) is 0. The van der Waals surface area contributed by atoms with Crippen molar-refractivity contribution in [2.45, 2.75) is 49.6 Å². The highest BCUT2D eigenvalue weighted by Gasteiger charge is 2.42. The molecule has 1 saturated heterocycles. The van der Waals surface area contributed by atoms with Gasteiger partial charge in [0.05, 0.1) is 22.7 Å². The van der Waals surface area contributed by atoms with Crippen LogP contribution in [0.3, 0.4) is 0 Å². The predicted molar refractivity (Wildman–Crippen MR) is 176 cm³/mol. The third-order valence-corrected chi connectivity index (χ3v) is 9.08. The van der Waals surface area contributed by atoms with Crippen LogP contribution in [0.15, 0.2) is 107 Å². The quantitative estimate of drug-likeness (QED) is 0.114. The Labute approximate surface area is 260 Å². The van der Waals surface area contributed by atoms with Crippen LogP contribution < -0.4 is 10.2 Å². The molecule has 43 heavy (non-hydrogen) atoms. The molecule has 216 valence electrons. The molecular weight excluding hydrogens is 575 g/mol. The van der Waals surface area contributed by atoms with Crippen molar-refractivity contribution in [3.8, 4) is 5.69 Å². The summed E-state index contributed by atoms with van der Waals surface area (Å²) in [6.45, 7) is 8.60. The zero-order valence-corrected chi connectivity index (χ0v) is 25.9. The fraction of sp³-hybridized carbons (Fsp3) is 0.176. The number of nitrogens with zero attached hydrogens (tertiary/aromatic N) is 4. The number of nitrogens with one attached hydrogen (secondary N) is 1. The van der Waals surface area contributed by atoms with Crippen molar-refractivity contribution in [1.82, 2.24) is 14.9 Å². The van der Waals surface area contributed by atoms with Gasteiger partial charge in [-0.2, -0.15) is 0 Å². The van der Waals surface area contributed by atoms with Crippen LogP contribution in [0, 0.1) is 37.8 Å². The molecule has 9 heteroatoms. The Morgan fingerprint density at radius 3 is 2.12 bits per heavy atom. The first-order chi connectivity index (χ1) is 20.7. The van der Waals surface area contributed by atoms with Crippen molar-refractivity contribution in [3.63, 3.8) is 0 Å². The Kier molecular flexibility index (Phi) is 7.77. The van der Waals surface area contributed by atoms with E-state index in [0.717, 1.165) is 38.2 Å². The molecule has 5 aromatic rings. The Hall–Kier alpha value is -4.47. The first-order valence-corrected chi connectivity index (χ1v) is 15.2. The highest BCUT2D eigenvalue weighted by Crippen LogP contribution is 2.44. The van der Waals surface area contributed by atoms with Gasteiger partial charge in [-0.25, -0.2) is 0 Å². The standard InChI is InChI=1S/C34H31N5O2S2/c1-21-17-22(2)19-27(18-21)37-23(3)20-30(24(37)4)33-32(31-7-5-6-16-35-31)36-34(42)38(33)25-8-12-28(13-9-25)43-29-14-10-26(11-15-29)39(40)41/h5-20,32-33H,1-4H3,(H,36,42)/t32-,33+/m0/s1. The number of thiocarbonyl (C=S) groups is 1. The third kappa shape index (κ3) is 5.66. The van der Waals surface area contributed by atoms with Crippen molar-refractivity contribution < 1.29 is 4.92 Å². The summed E-state index contributed by atoms with van der Waals surface area (Å²) >= 11 is 7.54. The maximum atomic E-state index is 11.0. The molecule has 0 spiro atoms. The van der Waals surface area contributed by atoms with Crippen LogP contribution >= 0.6 is 24.0 Å². The average molecular weight is 606 g/mol. The summed E-state index contributed by atoms with van der Waals surface area (Å²) < 4.78 is 2.33. The summed E-state index contributed by atoms with van der Waals surface area (Å²) in [5.41, 5.74) is 9.11. The van der Waals surface area contributed by atoms with E-state index in [2.05, 4.69) is 91.0 Å². The summed E-state index contributed by atoms with van der Waals surface area (Å²) in [6, 6.07) is 29.5. The predicted octanol–water partition coefficient (Wildman–Crippen LogP) is 8.34. The molecule has 1 aliphatic rings. The number of benzene rings is 3. The van der Waals surface area contributed by atoms with Crippen molar-refractivity contribution in [3.05, 3.63) is 141 Å². The van der Waals surface area contributed by atoms with Crippen LogP contribution in [-0.4, -0.2) is 19.6 Å². The molecule has 0 aliphatic carbocycles. The minimum Gasteiger partial charge on any atom is -0.351 e. The topological polar surface area (TPSA) is 76.2 Å². The van der Waals surface area contributed by atoms with Gasteiger partial charge >= 0.3 is 0 Å². The zero-order valence-electron chi connectivity index (χ0n) is 24.3. The fourth-order valence-electron chi connectivity index (χ4n) is 5.96. The number of hydrogen-bond donors (Lipinski definition) is 1. The molecule has 0 unspecified atom stereocenters. The van der Waals surface area contributed by atoms with Gasteiger partial charge in [0.2, 0.25) is 0 Å². The lowest BCUT2D eigenvalue weighted by Gasteiger charge is -2.28. The number of pyridine rings is 1. The molecular formula is C34H31N5O2S2. The van der Waals surface area contributed by atoms with E-state index in [9.17, 15) is 10.1 Å². The molecule has 0 bridgehead atoms. The SMILES string of the molecule is Cc1cc(C)cc(-n2c(C)cc([C@@H]3[C@H](c4ccccn4)NC(=S)N3c3ccc(Sc4ccc([N+](=O)[O-])cc4)cc3)c2C)c1. The van der Waals surface area contributed by atoms with Crippen molar-refractivity contribution in [1.29, 1.82) is 0 Å². The van der Waals surface area contributed by atoms with Crippen molar-refractivity contribution in [2.24, 2.45) is 0 Å². The first kappa shape index (κ1) is 28.6. The van der Waals surface area contributed by atoms with Gasteiger partial charge in [0, 0.05) is 50.9 Å². The second-order valence-corrected chi connectivity index (χ2v) is 12.4. The third-order valence-electron chi connectivity index (χ3n) is 7.75. The Morgan fingerprint density at radius 1 is 0.860 bits per heavy atom. The second kappa shape index (κ2) is 11.7.